The summed E-state index contributed by atoms with van der Waals surface area (Å²) in [6.07, 6.45) is 1.19. The summed E-state index contributed by atoms with van der Waals surface area (Å²) in [4.78, 5) is 0. The van der Waals surface area contributed by atoms with Gasteiger partial charge in [-0.3, -0.25) is 0 Å². The van der Waals surface area contributed by atoms with Crippen LogP contribution in [0.15, 0.2) is 12.1 Å². The molecule has 1 aliphatic heterocycles. The molecule has 2 unspecified atom stereocenters. The minimum atomic E-state index is 0.535. The summed E-state index contributed by atoms with van der Waals surface area (Å²) in [5, 5.41) is 3.66. The largest absolute Gasteiger partial charge is 0.381 e. The summed E-state index contributed by atoms with van der Waals surface area (Å²) in [5.41, 5.74) is 5.60. The Hall–Kier alpha value is -0.860. The molecule has 1 heterocycles. The molecule has 0 radical (unpaired) electrons. The molecule has 1 aromatic carbocycles. The molecule has 1 N–H and O–H groups in total. The molecule has 0 saturated carbocycles. The zero-order valence-electron chi connectivity index (χ0n) is 12.0. The lowest BCUT2D eigenvalue weighted by Crippen LogP contribution is -2.33. The van der Waals surface area contributed by atoms with Gasteiger partial charge in [-0.25, -0.2) is 0 Å². The number of ether oxygens (including phenoxy) is 1. The van der Waals surface area contributed by atoms with Gasteiger partial charge in [0.1, 0.15) is 0 Å². The van der Waals surface area contributed by atoms with Crippen LogP contribution in [-0.4, -0.2) is 19.3 Å². The zero-order chi connectivity index (χ0) is 13.1. The van der Waals surface area contributed by atoms with Gasteiger partial charge in [-0.05, 0) is 56.7 Å². The summed E-state index contributed by atoms with van der Waals surface area (Å²) in [7, 11) is 0. The maximum Gasteiger partial charge on any atom is 0.0509 e. The van der Waals surface area contributed by atoms with Crippen molar-refractivity contribution in [2.45, 2.75) is 46.7 Å². The van der Waals surface area contributed by atoms with Crippen molar-refractivity contribution in [2.24, 2.45) is 5.92 Å². The van der Waals surface area contributed by atoms with Crippen LogP contribution in [0.5, 0.6) is 0 Å². The van der Waals surface area contributed by atoms with Gasteiger partial charge < -0.3 is 10.1 Å². The van der Waals surface area contributed by atoms with Crippen molar-refractivity contribution in [3.63, 3.8) is 0 Å². The molecule has 2 rings (SSSR count). The van der Waals surface area contributed by atoms with Gasteiger partial charge >= 0.3 is 0 Å². The van der Waals surface area contributed by atoms with Crippen LogP contribution >= 0.6 is 0 Å². The van der Waals surface area contributed by atoms with Crippen LogP contribution in [0.4, 0.5) is 0 Å². The molecule has 18 heavy (non-hydrogen) atoms. The summed E-state index contributed by atoms with van der Waals surface area (Å²) in [6, 6.07) is 5.08. The minimum absolute atomic E-state index is 0.535. The van der Waals surface area contributed by atoms with Crippen molar-refractivity contribution in [1.29, 1.82) is 0 Å². The summed E-state index contributed by atoms with van der Waals surface area (Å²) in [5.74, 6) is 0.677. The Labute approximate surface area is 111 Å². The fourth-order valence-electron chi connectivity index (χ4n) is 2.87. The molecule has 100 valence electrons. The predicted octanol–water partition coefficient (Wildman–Crippen LogP) is 3.13. The predicted molar refractivity (Wildman–Crippen MR) is 75.9 cm³/mol. The van der Waals surface area contributed by atoms with Crippen molar-refractivity contribution < 1.29 is 4.74 Å². The molecule has 2 heteroatoms. The number of hydrogen-bond acceptors (Lipinski definition) is 2. The van der Waals surface area contributed by atoms with Crippen molar-refractivity contribution >= 4 is 0 Å². The monoisotopic (exact) mass is 247 g/mol. The molecule has 1 aromatic rings. The second-order valence-corrected chi connectivity index (χ2v) is 5.67. The van der Waals surface area contributed by atoms with Crippen LogP contribution in [0.3, 0.4) is 0 Å². The standard InChI is InChI=1S/C16H25NO/c1-11-7-12(2)16(13(3)8-11)9-17-14(4)15-5-6-18-10-15/h7-8,14-15,17H,5-6,9-10H2,1-4H3. The van der Waals surface area contributed by atoms with E-state index in [-0.39, 0.29) is 0 Å². The first-order valence-electron chi connectivity index (χ1n) is 6.96. The molecular formula is C16H25NO. The number of benzene rings is 1. The number of hydrogen-bond donors (Lipinski definition) is 1. The molecule has 0 spiro atoms. The van der Waals surface area contributed by atoms with Gasteiger partial charge in [-0.2, -0.15) is 0 Å². The fraction of sp³-hybridized carbons (Fsp3) is 0.625. The Kier molecular flexibility index (Phi) is 4.41. The van der Waals surface area contributed by atoms with Crippen molar-refractivity contribution in [3.05, 3.63) is 34.4 Å². The van der Waals surface area contributed by atoms with E-state index < -0.39 is 0 Å². The smallest absolute Gasteiger partial charge is 0.0509 e. The van der Waals surface area contributed by atoms with Crippen LogP contribution in [0.1, 0.15) is 35.6 Å². The highest BCUT2D eigenvalue weighted by Gasteiger charge is 2.21. The van der Waals surface area contributed by atoms with E-state index in [1.54, 1.807) is 0 Å². The van der Waals surface area contributed by atoms with Crippen molar-refractivity contribution in [2.75, 3.05) is 13.2 Å². The minimum Gasteiger partial charge on any atom is -0.381 e. The lowest BCUT2D eigenvalue weighted by molar-refractivity contribution is 0.178. The van der Waals surface area contributed by atoms with Gasteiger partial charge in [-0.1, -0.05) is 17.7 Å². The van der Waals surface area contributed by atoms with Crippen molar-refractivity contribution in [1.82, 2.24) is 5.32 Å². The van der Waals surface area contributed by atoms with Crippen LogP contribution < -0.4 is 5.32 Å². The van der Waals surface area contributed by atoms with Gasteiger partial charge in [0.15, 0.2) is 0 Å². The Bertz CT molecular complexity index is 385. The molecule has 0 aliphatic carbocycles. The maximum absolute atomic E-state index is 5.45. The molecule has 1 saturated heterocycles. The van der Waals surface area contributed by atoms with Crippen LogP contribution in [-0.2, 0) is 11.3 Å². The van der Waals surface area contributed by atoms with E-state index in [0.717, 1.165) is 19.8 Å². The highest BCUT2D eigenvalue weighted by molar-refractivity contribution is 5.37. The van der Waals surface area contributed by atoms with Crippen LogP contribution in [0.25, 0.3) is 0 Å². The third-order valence-corrected chi connectivity index (χ3v) is 4.11. The first kappa shape index (κ1) is 13.6. The average Bonchev–Trinajstić information content (AvgIpc) is 2.80. The van der Waals surface area contributed by atoms with E-state index in [1.807, 2.05) is 0 Å². The van der Waals surface area contributed by atoms with Gasteiger partial charge in [0.25, 0.3) is 0 Å². The molecule has 0 amide bonds. The highest BCUT2D eigenvalue weighted by Crippen LogP contribution is 2.19. The summed E-state index contributed by atoms with van der Waals surface area (Å²) < 4.78 is 5.45. The fourth-order valence-corrected chi connectivity index (χ4v) is 2.87. The Morgan fingerprint density at radius 3 is 2.50 bits per heavy atom. The van der Waals surface area contributed by atoms with Crippen molar-refractivity contribution in [3.8, 4) is 0 Å². The topological polar surface area (TPSA) is 21.3 Å². The van der Waals surface area contributed by atoms with Crippen LogP contribution in [0.2, 0.25) is 0 Å². The summed E-state index contributed by atoms with van der Waals surface area (Å²) >= 11 is 0. The quantitative estimate of drug-likeness (QED) is 0.882. The molecular weight excluding hydrogens is 222 g/mol. The average molecular weight is 247 g/mol. The van der Waals surface area contributed by atoms with E-state index in [2.05, 4.69) is 45.1 Å². The molecule has 2 atom stereocenters. The molecule has 0 aromatic heterocycles. The molecule has 1 aliphatic rings. The van der Waals surface area contributed by atoms with Crippen LogP contribution in [0, 0.1) is 26.7 Å². The Morgan fingerprint density at radius 1 is 1.28 bits per heavy atom. The lowest BCUT2D eigenvalue weighted by atomic mass is 9.97. The van der Waals surface area contributed by atoms with E-state index >= 15 is 0 Å². The molecule has 2 nitrogen and oxygen atoms in total. The third kappa shape index (κ3) is 3.12. The second kappa shape index (κ2) is 5.85. The third-order valence-electron chi connectivity index (χ3n) is 4.11. The summed E-state index contributed by atoms with van der Waals surface area (Å²) in [6.45, 7) is 11.7. The molecule has 0 bridgehead atoms. The Morgan fingerprint density at radius 2 is 1.94 bits per heavy atom. The first-order chi connectivity index (χ1) is 8.58. The Balaban J connectivity index is 1.97. The van der Waals surface area contributed by atoms with E-state index in [1.165, 1.54) is 28.7 Å². The van der Waals surface area contributed by atoms with E-state index in [0.29, 0.717) is 12.0 Å². The van der Waals surface area contributed by atoms with Gasteiger partial charge in [0.2, 0.25) is 0 Å². The molecule has 1 fully saturated rings. The van der Waals surface area contributed by atoms with Gasteiger partial charge in [0, 0.05) is 19.2 Å². The van der Waals surface area contributed by atoms with E-state index in [4.69, 9.17) is 4.74 Å². The second-order valence-electron chi connectivity index (χ2n) is 5.67. The lowest BCUT2D eigenvalue weighted by Gasteiger charge is -2.21. The SMILES string of the molecule is Cc1cc(C)c(CNC(C)C2CCOC2)c(C)c1. The normalized spacial score (nSPS) is 21.2. The maximum atomic E-state index is 5.45. The highest BCUT2D eigenvalue weighted by atomic mass is 16.5. The number of rotatable bonds is 4. The van der Waals surface area contributed by atoms with Gasteiger partial charge in [0.05, 0.1) is 6.61 Å². The van der Waals surface area contributed by atoms with E-state index in [9.17, 15) is 0 Å². The number of aryl methyl sites for hydroxylation is 3. The van der Waals surface area contributed by atoms with Gasteiger partial charge in [-0.15, -0.1) is 0 Å². The number of nitrogens with one attached hydrogen (secondary N) is 1. The first-order valence-corrected chi connectivity index (χ1v) is 6.96. The zero-order valence-corrected chi connectivity index (χ0v) is 12.0.